The van der Waals surface area contributed by atoms with E-state index in [1.807, 2.05) is 36.6 Å². The minimum Gasteiger partial charge on any atom is -0.481 e. The van der Waals surface area contributed by atoms with Crippen molar-refractivity contribution in [3.8, 4) is 5.88 Å². The normalized spacial score (nSPS) is 15.7. The van der Waals surface area contributed by atoms with Gasteiger partial charge in [-0.25, -0.2) is 9.37 Å². The highest BCUT2D eigenvalue weighted by molar-refractivity contribution is 6.08. The molecule has 0 aliphatic carbocycles. The molecule has 9 nitrogen and oxygen atoms in total. The molecule has 2 aromatic heterocycles. The third-order valence-electron chi connectivity index (χ3n) is 6.08. The largest absolute Gasteiger partial charge is 0.481 e. The zero-order valence-electron chi connectivity index (χ0n) is 20.3. The third kappa shape index (κ3) is 5.42. The molecule has 4 rings (SSSR count). The first-order chi connectivity index (χ1) is 16.7. The second-order valence-electron chi connectivity index (χ2n) is 8.67. The van der Waals surface area contributed by atoms with Gasteiger partial charge < -0.3 is 19.9 Å². The van der Waals surface area contributed by atoms with Crippen molar-refractivity contribution in [1.29, 1.82) is 0 Å². The van der Waals surface area contributed by atoms with E-state index in [0.29, 0.717) is 36.9 Å². The van der Waals surface area contributed by atoms with E-state index in [1.165, 1.54) is 25.4 Å². The van der Waals surface area contributed by atoms with Gasteiger partial charge in [0, 0.05) is 55.0 Å². The highest BCUT2D eigenvalue weighted by Crippen LogP contribution is 2.26. The van der Waals surface area contributed by atoms with Gasteiger partial charge in [-0.3, -0.25) is 14.3 Å². The Morgan fingerprint density at radius 2 is 1.97 bits per heavy atom. The van der Waals surface area contributed by atoms with Crippen LogP contribution in [0.25, 0.3) is 0 Å². The number of aryl methyl sites for hydroxylation is 2. The molecule has 3 heterocycles. The van der Waals surface area contributed by atoms with Crippen molar-refractivity contribution in [2.45, 2.75) is 33.4 Å². The number of nitrogens with zero attached hydrogens (tertiary/aromatic N) is 5. The molecule has 184 valence electrons. The van der Waals surface area contributed by atoms with Gasteiger partial charge >= 0.3 is 0 Å². The van der Waals surface area contributed by atoms with Crippen molar-refractivity contribution in [1.82, 2.24) is 19.7 Å². The first kappa shape index (κ1) is 24.2. The Morgan fingerprint density at radius 1 is 1.17 bits per heavy atom. The van der Waals surface area contributed by atoms with E-state index < -0.39 is 11.7 Å². The second-order valence-corrected chi connectivity index (χ2v) is 8.67. The van der Waals surface area contributed by atoms with Crippen molar-refractivity contribution in [2.75, 3.05) is 37.0 Å². The Morgan fingerprint density at radius 3 is 2.66 bits per heavy atom. The molecule has 1 aliphatic rings. The Bertz CT molecular complexity index is 1240. The molecular formula is C25H29FN6O3. The summed E-state index contributed by atoms with van der Waals surface area (Å²) in [5.41, 5.74) is 3.14. The SMILES string of the molecule is COc1cc(NC(=O)c2cc(F)ccc2N2CCN(C(=O)Cn3nc(C)cc3C)[C@@H](C)C2)ccn1. The van der Waals surface area contributed by atoms with Crippen LogP contribution in [0, 0.1) is 19.7 Å². The minimum absolute atomic E-state index is 0.00735. The molecule has 10 heteroatoms. The van der Waals surface area contributed by atoms with Gasteiger partial charge in [0.15, 0.2) is 0 Å². The lowest BCUT2D eigenvalue weighted by Gasteiger charge is -2.41. The Labute approximate surface area is 203 Å². The molecule has 0 spiro atoms. The number of amides is 2. The lowest BCUT2D eigenvalue weighted by molar-refractivity contribution is -0.134. The summed E-state index contributed by atoms with van der Waals surface area (Å²) in [7, 11) is 1.49. The molecular weight excluding hydrogens is 451 g/mol. The summed E-state index contributed by atoms with van der Waals surface area (Å²) in [6.45, 7) is 7.50. The zero-order chi connectivity index (χ0) is 25.1. The molecule has 1 fully saturated rings. The Balaban J connectivity index is 1.48. The summed E-state index contributed by atoms with van der Waals surface area (Å²) >= 11 is 0. The molecule has 1 saturated heterocycles. The van der Waals surface area contributed by atoms with Crippen molar-refractivity contribution < 1.29 is 18.7 Å². The van der Waals surface area contributed by atoms with Crippen LogP contribution < -0.4 is 15.0 Å². The van der Waals surface area contributed by atoms with Gasteiger partial charge in [0.2, 0.25) is 11.8 Å². The molecule has 1 N–H and O–H groups in total. The van der Waals surface area contributed by atoms with Gasteiger partial charge in [0.05, 0.1) is 18.4 Å². The highest BCUT2D eigenvalue weighted by atomic mass is 19.1. The number of benzene rings is 1. The van der Waals surface area contributed by atoms with Crippen LogP contribution in [0.4, 0.5) is 15.8 Å². The molecule has 2 amide bonds. The summed E-state index contributed by atoms with van der Waals surface area (Å²) in [4.78, 5) is 33.9. The molecule has 1 atom stereocenters. The number of ether oxygens (including phenoxy) is 1. The highest BCUT2D eigenvalue weighted by Gasteiger charge is 2.30. The molecule has 1 aromatic carbocycles. The van der Waals surface area contributed by atoms with E-state index in [9.17, 15) is 14.0 Å². The second kappa shape index (κ2) is 10.1. The van der Waals surface area contributed by atoms with Gasteiger partial charge in [0.1, 0.15) is 12.4 Å². The van der Waals surface area contributed by atoms with E-state index in [-0.39, 0.29) is 24.1 Å². The number of hydrogen-bond acceptors (Lipinski definition) is 6. The van der Waals surface area contributed by atoms with E-state index in [4.69, 9.17) is 4.74 Å². The van der Waals surface area contributed by atoms with E-state index in [2.05, 4.69) is 15.4 Å². The van der Waals surface area contributed by atoms with E-state index >= 15 is 0 Å². The quantitative estimate of drug-likeness (QED) is 0.583. The van der Waals surface area contributed by atoms with Crippen LogP contribution in [-0.4, -0.2) is 64.3 Å². The minimum atomic E-state index is -0.502. The van der Waals surface area contributed by atoms with Crippen LogP contribution in [0.5, 0.6) is 5.88 Å². The molecule has 35 heavy (non-hydrogen) atoms. The fourth-order valence-electron chi connectivity index (χ4n) is 4.36. The topological polar surface area (TPSA) is 92.6 Å². The number of aromatic nitrogens is 3. The molecule has 0 saturated carbocycles. The lowest BCUT2D eigenvalue weighted by Crippen LogP contribution is -2.55. The van der Waals surface area contributed by atoms with Crippen LogP contribution in [0.3, 0.4) is 0 Å². The smallest absolute Gasteiger partial charge is 0.257 e. The average molecular weight is 481 g/mol. The van der Waals surface area contributed by atoms with Crippen LogP contribution in [0.2, 0.25) is 0 Å². The predicted octanol–water partition coefficient (Wildman–Crippen LogP) is 3.03. The van der Waals surface area contributed by atoms with E-state index in [1.54, 1.807) is 22.9 Å². The lowest BCUT2D eigenvalue weighted by atomic mass is 10.1. The number of nitrogens with one attached hydrogen (secondary N) is 1. The van der Waals surface area contributed by atoms with Crippen molar-refractivity contribution in [3.63, 3.8) is 0 Å². The van der Waals surface area contributed by atoms with Crippen LogP contribution in [0.15, 0.2) is 42.6 Å². The summed E-state index contributed by atoms with van der Waals surface area (Å²) in [5.74, 6) is -0.592. The fourth-order valence-corrected chi connectivity index (χ4v) is 4.36. The molecule has 0 radical (unpaired) electrons. The molecule has 0 unspecified atom stereocenters. The van der Waals surface area contributed by atoms with Crippen molar-refractivity contribution in [2.24, 2.45) is 0 Å². The number of anilines is 2. The van der Waals surface area contributed by atoms with E-state index in [0.717, 1.165) is 11.4 Å². The zero-order valence-corrected chi connectivity index (χ0v) is 20.3. The number of piperazine rings is 1. The molecule has 1 aliphatic heterocycles. The van der Waals surface area contributed by atoms with Gasteiger partial charge in [-0.1, -0.05) is 0 Å². The Hall–Kier alpha value is -3.95. The summed E-state index contributed by atoms with van der Waals surface area (Å²) < 4.78 is 20.9. The summed E-state index contributed by atoms with van der Waals surface area (Å²) in [6.07, 6.45) is 1.52. The molecule has 0 bridgehead atoms. The Kier molecular flexibility index (Phi) is 6.99. The van der Waals surface area contributed by atoms with Gasteiger partial charge in [-0.15, -0.1) is 0 Å². The van der Waals surface area contributed by atoms with Crippen molar-refractivity contribution in [3.05, 3.63) is 65.4 Å². The number of pyridine rings is 1. The monoisotopic (exact) mass is 480 g/mol. The number of methoxy groups -OCH3 is 1. The first-order valence-electron chi connectivity index (χ1n) is 11.4. The number of rotatable bonds is 6. The number of carbonyl (C=O) groups is 2. The number of hydrogen-bond donors (Lipinski definition) is 1. The maximum Gasteiger partial charge on any atom is 0.257 e. The molecule has 3 aromatic rings. The summed E-state index contributed by atoms with van der Waals surface area (Å²) in [5, 5.41) is 7.17. The van der Waals surface area contributed by atoms with Gasteiger partial charge in [0.25, 0.3) is 5.91 Å². The number of halogens is 1. The predicted molar refractivity (Wildman–Crippen MR) is 130 cm³/mol. The van der Waals surface area contributed by atoms with Crippen LogP contribution in [0.1, 0.15) is 28.7 Å². The van der Waals surface area contributed by atoms with Gasteiger partial charge in [-0.05, 0) is 51.1 Å². The first-order valence-corrected chi connectivity index (χ1v) is 11.4. The van der Waals surface area contributed by atoms with Crippen molar-refractivity contribution >= 4 is 23.2 Å². The maximum atomic E-state index is 14.1. The fraction of sp³-hybridized carbons (Fsp3) is 0.360. The van der Waals surface area contributed by atoms with Gasteiger partial charge in [-0.2, -0.15) is 5.10 Å². The average Bonchev–Trinajstić information content (AvgIpc) is 3.15. The third-order valence-corrected chi connectivity index (χ3v) is 6.08. The van der Waals surface area contributed by atoms with Crippen LogP contribution >= 0.6 is 0 Å². The number of carbonyl (C=O) groups excluding carboxylic acids is 2. The standard InChI is InChI=1S/C25H29FN6O3/c1-16-11-17(2)32(29-16)15-24(33)31-10-9-30(14-18(31)3)22-6-5-19(26)12-21(22)25(34)28-20-7-8-27-23(13-20)35-4/h5-8,11-13,18H,9-10,14-15H2,1-4H3,(H,27,28,34)/t18-/m0/s1. The maximum absolute atomic E-state index is 14.1. The van der Waals surface area contributed by atoms with Crippen LogP contribution in [-0.2, 0) is 11.3 Å². The summed E-state index contributed by atoms with van der Waals surface area (Å²) in [6, 6.07) is 9.25.